The standard InChI is InChI=1S/C23H30N2O/c1-8-18(9-2)26-19-12-16(6)24-23-21(17(7)25-22(19)23)20-14(4)10-13(3)11-15(20)5/h10-12,18,25H,8-9H2,1-7H3. The van der Waals surface area contributed by atoms with Crippen LogP contribution in [0.25, 0.3) is 22.2 Å². The number of rotatable bonds is 5. The molecular formula is C23H30N2O. The molecule has 1 aromatic carbocycles. The average molecular weight is 351 g/mol. The van der Waals surface area contributed by atoms with Gasteiger partial charge in [-0.25, -0.2) is 0 Å². The number of fused-ring (bicyclic) bond motifs is 1. The van der Waals surface area contributed by atoms with Gasteiger partial charge in [0.2, 0.25) is 0 Å². The molecule has 0 unspecified atom stereocenters. The summed E-state index contributed by atoms with van der Waals surface area (Å²) >= 11 is 0. The van der Waals surface area contributed by atoms with Crippen molar-refractivity contribution < 1.29 is 4.74 Å². The normalized spacial score (nSPS) is 11.5. The zero-order chi connectivity index (χ0) is 19.0. The number of aromatic amines is 1. The third kappa shape index (κ3) is 3.23. The van der Waals surface area contributed by atoms with Gasteiger partial charge < -0.3 is 9.72 Å². The number of ether oxygens (including phenoxy) is 1. The number of benzene rings is 1. The van der Waals surface area contributed by atoms with Crippen LogP contribution in [0.5, 0.6) is 5.75 Å². The topological polar surface area (TPSA) is 37.9 Å². The van der Waals surface area contributed by atoms with E-state index >= 15 is 0 Å². The minimum Gasteiger partial charge on any atom is -0.488 e. The van der Waals surface area contributed by atoms with Crippen LogP contribution in [0.4, 0.5) is 0 Å². The van der Waals surface area contributed by atoms with Gasteiger partial charge in [-0.2, -0.15) is 0 Å². The number of nitrogens with one attached hydrogen (secondary N) is 1. The molecule has 138 valence electrons. The fraction of sp³-hybridized carbons (Fsp3) is 0.435. The van der Waals surface area contributed by atoms with Crippen LogP contribution in [-0.2, 0) is 0 Å². The lowest BCUT2D eigenvalue weighted by molar-refractivity contribution is 0.195. The SMILES string of the molecule is CCC(CC)Oc1cc(C)nc2c(-c3c(C)cc(C)cc3C)c(C)[nH]c12. The van der Waals surface area contributed by atoms with Crippen LogP contribution in [-0.4, -0.2) is 16.1 Å². The second-order valence-electron chi connectivity index (χ2n) is 7.44. The van der Waals surface area contributed by atoms with Gasteiger partial charge in [-0.3, -0.25) is 4.98 Å². The van der Waals surface area contributed by atoms with Crippen molar-refractivity contribution >= 4 is 11.0 Å². The lowest BCUT2D eigenvalue weighted by atomic mass is 9.93. The molecule has 26 heavy (non-hydrogen) atoms. The Hall–Kier alpha value is -2.29. The molecule has 0 fully saturated rings. The molecule has 0 aliphatic rings. The summed E-state index contributed by atoms with van der Waals surface area (Å²) < 4.78 is 6.32. The van der Waals surface area contributed by atoms with Crippen molar-refractivity contribution in [3.8, 4) is 16.9 Å². The summed E-state index contributed by atoms with van der Waals surface area (Å²) in [6.45, 7) is 15.0. The Labute approximate surface area is 156 Å². The van der Waals surface area contributed by atoms with E-state index in [1.54, 1.807) is 0 Å². The largest absolute Gasteiger partial charge is 0.488 e. The smallest absolute Gasteiger partial charge is 0.147 e. The molecule has 1 N–H and O–H groups in total. The number of pyridine rings is 1. The van der Waals surface area contributed by atoms with Crippen molar-refractivity contribution in [3.63, 3.8) is 0 Å². The molecule has 2 heterocycles. The summed E-state index contributed by atoms with van der Waals surface area (Å²) in [5.74, 6) is 0.915. The van der Waals surface area contributed by atoms with Crippen LogP contribution >= 0.6 is 0 Å². The summed E-state index contributed by atoms with van der Waals surface area (Å²) in [7, 11) is 0. The Morgan fingerprint density at radius 2 is 1.54 bits per heavy atom. The molecule has 3 heteroatoms. The van der Waals surface area contributed by atoms with Crippen LogP contribution in [0.3, 0.4) is 0 Å². The molecule has 2 aromatic heterocycles. The van der Waals surface area contributed by atoms with Gasteiger partial charge in [0.25, 0.3) is 0 Å². The van der Waals surface area contributed by atoms with Crippen molar-refractivity contribution in [1.29, 1.82) is 0 Å². The summed E-state index contributed by atoms with van der Waals surface area (Å²) in [6, 6.07) is 6.55. The predicted molar refractivity (Wildman–Crippen MR) is 110 cm³/mol. The molecule has 0 saturated heterocycles. The predicted octanol–water partition coefficient (Wildman–Crippen LogP) is 6.34. The number of H-pyrrole nitrogens is 1. The average Bonchev–Trinajstić information content (AvgIpc) is 2.88. The molecule has 0 amide bonds. The number of nitrogens with zero attached hydrogens (tertiary/aromatic N) is 1. The molecule has 3 aromatic rings. The minimum absolute atomic E-state index is 0.231. The van der Waals surface area contributed by atoms with Crippen LogP contribution in [0.15, 0.2) is 18.2 Å². The first kappa shape index (κ1) is 18.5. The van der Waals surface area contributed by atoms with Gasteiger partial charge in [0.1, 0.15) is 16.8 Å². The summed E-state index contributed by atoms with van der Waals surface area (Å²) in [4.78, 5) is 8.44. The molecule has 0 aliphatic carbocycles. The number of aromatic nitrogens is 2. The molecule has 0 spiro atoms. The molecule has 0 saturated carbocycles. The van der Waals surface area contributed by atoms with Gasteiger partial charge in [-0.1, -0.05) is 31.5 Å². The second-order valence-corrected chi connectivity index (χ2v) is 7.44. The van der Waals surface area contributed by atoms with Gasteiger partial charge in [-0.05, 0) is 64.2 Å². The van der Waals surface area contributed by atoms with Crippen LogP contribution in [0.2, 0.25) is 0 Å². The Balaban J connectivity index is 2.26. The van der Waals surface area contributed by atoms with Crippen molar-refractivity contribution in [2.45, 2.75) is 67.4 Å². The number of hydrogen-bond acceptors (Lipinski definition) is 2. The van der Waals surface area contributed by atoms with Gasteiger partial charge in [0.05, 0.1) is 6.10 Å². The van der Waals surface area contributed by atoms with Crippen molar-refractivity contribution in [1.82, 2.24) is 9.97 Å². The quantitative estimate of drug-likeness (QED) is 0.583. The molecule has 0 atom stereocenters. The van der Waals surface area contributed by atoms with Crippen molar-refractivity contribution in [3.05, 3.63) is 46.3 Å². The van der Waals surface area contributed by atoms with E-state index in [4.69, 9.17) is 9.72 Å². The van der Waals surface area contributed by atoms with E-state index in [9.17, 15) is 0 Å². The lowest BCUT2D eigenvalue weighted by Gasteiger charge is -2.17. The van der Waals surface area contributed by atoms with E-state index in [-0.39, 0.29) is 6.10 Å². The zero-order valence-electron chi connectivity index (χ0n) is 17.1. The van der Waals surface area contributed by atoms with Crippen LogP contribution < -0.4 is 4.74 Å². The Morgan fingerprint density at radius 1 is 0.923 bits per heavy atom. The third-order valence-corrected chi connectivity index (χ3v) is 5.17. The van der Waals surface area contributed by atoms with Gasteiger partial charge in [0.15, 0.2) is 0 Å². The van der Waals surface area contributed by atoms with Gasteiger partial charge >= 0.3 is 0 Å². The first-order valence-corrected chi connectivity index (χ1v) is 9.60. The molecule has 3 rings (SSSR count). The van der Waals surface area contributed by atoms with E-state index in [0.29, 0.717) is 0 Å². The molecular weight excluding hydrogens is 320 g/mol. The fourth-order valence-corrected chi connectivity index (χ4v) is 3.98. The number of hydrogen-bond donors (Lipinski definition) is 1. The summed E-state index contributed by atoms with van der Waals surface area (Å²) in [5, 5.41) is 0. The van der Waals surface area contributed by atoms with Crippen molar-refractivity contribution in [2.75, 3.05) is 0 Å². The second kappa shape index (κ2) is 7.14. The number of aryl methyl sites for hydroxylation is 5. The van der Waals surface area contributed by atoms with Gasteiger partial charge in [-0.15, -0.1) is 0 Å². The third-order valence-electron chi connectivity index (χ3n) is 5.17. The highest BCUT2D eigenvalue weighted by Crippen LogP contribution is 2.39. The van der Waals surface area contributed by atoms with E-state index < -0.39 is 0 Å². The molecule has 0 radical (unpaired) electrons. The Morgan fingerprint density at radius 3 is 2.12 bits per heavy atom. The highest BCUT2D eigenvalue weighted by Gasteiger charge is 2.20. The molecule has 0 aliphatic heterocycles. The maximum absolute atomic E-state index is 6.32. The summed E-state index contributed by atoms with van der Waals surface area (Å²) in [5.41, 5.74) is 10.5. The fourth-order valence-electron chi connectivity index (χ4n) is 3.98. The zero-order valence-corrected chi connectivity index (χ0v) is 17.1. The molecule has 3 nitrogen and oxygen atoms in total. The monoisotopic (exact) mass is 350 g/mol. The first-order chi connectivity index (χ1) is 12.3. The summed E-state index contributed by atoms with van der Waals surface area (Å²) in [6.07, 6.45) is 2.24. The highest BCUT2D eigenvalue weighted by atomic mass is 16.5. The molecule has 0 bridgehead atoms. The van der Waals surface area contributed by atoms with E-state index in [0.717, 1.165) is 41.0 Å². The van der Waals surface area contributed by atoms with Gasteiger partial charge in [0, 0.05) is 23.0 Å². The maximum atomic E-state index is 6.32. The van der Waals surface area contributed by atoms with E-state index in [1.807, 2.05) is 6.92 Å². The first-order valence-electron chi connectivity index (χ1n) is 9.60. The van der Waals surface area contributed by atoms with Crippen LogP contribution in [0.1, 0.15) is 54.8 Å². The highest BCUT2D eigenvalue weighted by molar-refractivity contribution is 5.99. The minimum atomic E-state index is 0.231. The Bertz CT molecular complexity index is 925. The lowest BCUT2D eigenvalue weighted by Crippen LogP contribution is -2.14. The maximum Gasteiger partial charge on any atom is 0.147 e. The van der Waals surface area contributed by atoms with Crippen LogP contribution in [0, 0.1) is 34.6 Å². The van der Waals surface area contributed by atoms with E-state index in [1.165, 1.54) is 27.8 Å². The Kier molecular flexibility index (Phi) is 5.08. The van der Waals surface area contributed by atoms with E-state index in [2.05, 4.69) is 64.7 Å². The van der Waals surface area contributed by atoms with Crippen molar-refractivity contribution in [2.24, 2.45) is 0 Å².